The number of carbonyl (C=O) groups excluding carboxylic acids is 2. The highest BCUT2D eigenvalue weighted by molar-refractivity contribution is 6.32. The topological polar surface area (TPSA) is 73.9 Å². The van der Waals surface area contributed by atoms with Gasteiger partial charge in [-0.15, -0.1) is 0 Å². The van der Waals surface area contributed by atoms with Crippen LogP contribution in [0, 0.1) is 0 Å². The molecule has 0 aliphatic heterocycles. The third-order valence-corrected chi connectivity index (χ3v) is 4.23. The minimum atomic E-state index is -0.687. The van der Waals surface area contributed by atoms with E-state index in [0.717, 1.165) is 0 Å². The maximum Gasteiger partial charge on any atom is 0.338 e. The number of amides is 1. The van der Waals surface area contributed by atoms with Gasteiger partial charge in [0, 0.05) is 5.69 Å². The summed E-state index contributed by atoms with van der Waals surface area (Å²) >= 11 is 6.15. The molecule has 0 heterocycles. The van der Waals surface area contributed by atoms with Gasteiger partial charge in [-0.25, -0.2) is 4.79 Å². The number of anilines is 1. The molecule has 0 saturated carbocycles. The monoisotopic (exact) mass is 405 g/mol. The highest BCUT2D eigenvalue weighted by atomic mass is 35.5. The van der Waals surface area contributed by atoms with Gasteiger partial charge in [0.1, 0.15) is 0 Å². The quantitative estimate of drug-likeness (QED) is 0.646. The molecule has 0 saturated heterocycles. The van der Waals surface area contributed by atoms with E-state index in [-0.39, 0.29) is 10.6 Å². The lowest BCUT2D eigenvalue weighted by molar-refractivity contribution is -0.119. The lowest BCUT2D eigenvalue weighted by atomic mass is 10.0. The van der Waals surface area contributed by atoms with Crippen molar-refractivity contribution in [3.05, 3.63) is 52.5 Å². The van der Waals surface area contributed by atoms with Crippen LogP contribution in [0.1, 0.15) is 42.6 Å². The zero-order valence-electron chi connectivity index (χ0n) is 16.4. The van der Waals surface area contributed by atoms with Crippen molar-refractivity contribution in [2.75, 3.05) is 25.6 Å². The molecule has 1 N–H and O–H groups in total. The van der Waals surface area contributed by atoms with Crippen LogP contribution in [0.3, 0.4) is 0 Å². The molecule has 0 radical (unpaired) electrons. The zero-order valence-corrected chi connectivity index (χ0v) is 17.1. The predicted molar refractivity (Wildman–Crippen MR) is 109 cm³/mol. The highest BCUT2D eigenvalue weighted by Crippen LogP contribution is 2.36. The van der Waals surface area contributed by atoms with Gasteiger partial charge >= 0.3 is 5.97 Å². The van der Waals surface area contributed by atoms with Crippen molar-refractivity contribution >= 4 is 29.2 Å². The van der Waals surface area contributed by atoms with E-state index in [9.17, 15) is 9.59 Å². The molecule has 0 atom stereocenters. The molecular weight excluding hydrogens is 382 g/mol. The fourth-order valence-electron chi connectivity index (χ4n) is 2.48. The van der Waals surface area contributed by atoms with E-state index in [1.165, 1.54) is 24.8 Å². The molecule has 2 aromatic rings. The number of nitrogens with one attached hydrogen (secondary N) is 1. The van der Waals surface area contributed by atoms with E-state index < -0.39 is 18.5 Å². The van der Waals surface area contributed by atoms with Crippen molar-refractivity contribution in [3.63, 3.8) is 0 Å². The van der Waals surface area contributed by atoms with Crippen molar-refractivity contribution in [2.45, 2.75) is 26.7 Å². The summed E-state index contributed by atoms with van der Waals surface area (Å²) < 4.78 is 15.7. The van der Waals surface area contributed by atoms with Gasteiger partial charge in [0.15, 0.2) is 18.1 Å². The van der Waals surface area contributed by atoms with Gasteiger partial charge < -0.3 is 19.5 Å². The first-order valence-corrected chi connectivity index (χ1v) is 9.30. The molecule has 2 rings (SSSR count). The van der Waals surface area contributed by atoms with Crippen LogP contribution in [-0.2, 0) is 9.53 Å². The fourth-order valence-corrected chi connectivity index (χ4v) is 2.75. The minimum Gasteiger partial charge on any atom is -0.493 e. The Bertz CT molecular complexity index is 833. The summed E-state index contributed by atoms with van der Waals surface area (Å²) in [6, 6.07) is 10.4. The second kappa shape index (κ2) is 9.99. The molecule has 0 aromatic heterocycles. The number of benzene rings is 2. The van der Waals surface area contributed by atoms with E-state index in [0.29, 0.717) is 29.7 Å². The predicted octanol–water partition coefficient (Wildman–Crippen LogP) is 4.67. The molecule has 28 heavy (non-hydrogen) atoms. The number of rotatable bonds is 8. The Kier molecular flexibility index (Phi) is 7.70. The lowest BCUT2D eigenvalue weighted by Crippen LogP contribution is -2.21. The van der Waals surface area contributed by atoms with Gasteiger partial charge in [-0.3, -0.25) is 4.79 Å². The SMILES string of the molecule is CCOc1c(Cl)cc(C(=O)OCC(=O)Nc2ccc(C(C)C)cc2)cc1OC. The number of methoxy groups -OCH3 is 1. The maximum atomic E-state index is 12.3. The van der Waals surface area contributed by atoms with Crippen molar-refractivity contribution in [1.82, 2.24) is 0 Å². The van der Waals surface area contributed by atoms with Gasteiger partial charge in [-0.2, -0.15) is 0 Å². The summed E-state index contributed by atoms with van der Waals surface area (Å²) in [5.74, 6) is -0.0476. The minimum absolute atomic E-state index is 0.166. The van der Waals surface area contributed by atoms with Crippen LogP contribution in [0.15, 0.2) is 36.4 Å². The Morgan fingerprint density at radius 1 is 1.14 bits per heavy atom. The number of carbonyl (C=O) groups is 2. The lowest BCUT2D eigenvalue weighted by Gasteiger charge is -2.13. The molecule has 0 spiro atoms. The molecule has 0 aliphatic carbocycles. The maximum absolute atomic E-state index is 12.3. The number of hydrogen-bond acceptors (Lipinski definition) is 5. The number of halogens is 1. The largest absolute Gasteiger partial charge is 0.493 e. The Morgan fingerprint density at radius 2 is 1.82 bits per heavy atom. The van der Waals surface area contributed by atoms with Gasteiger partial charge in [0.2, 0.25) is 0 Å². The molecule has 1 amide bonds. The first-order valence-electron chi connectivity index (χ1n) is 8.93. The fraction of sp³-hybridized carbons (Fsp3) is 0.333. The Balaban J connectivity index is 1.97. The van der Waals surface area contributed by atoms with Gasteiger partial charge in [0.05, 0.1) is 24.3 Å². The van der Waals surface area contributed by atoms with E-state index in [2.05, 4.69) is 19.2 Å². The van der Waals surface area contributed by atoms with Crippen molar-refractivity contribution in [2.24, 2.45) is 0 Å². The second-order valence-corrected chi connectivity index (χ2v) is 6.73. The Labute approximate surface area is 169 Å². The highest BCUT2D eigenvalue weighted by Gasteiger charge is 2.17. The van der Waals surface area contributed by atoms with Crippen LogP contribution in [0.25, 0.3) is 0 Å². The van der Waals surface area contributed by atoms with Crippen molar-refractivity contribution in [1.29, 1.82) is 0 Å². The van der Waals surface area contributed by atoms with E-state index in [1.54, 1.807) is 0 Å². The third kappa shape index (κ3) is 5.63. The van der Waals surface area contributed by atoms with Gasteiger partial charge in [-0.1, -0.05) is 37.6 Å². The van der Waals surface area contributed by atoms with E-state index in [4.69, 9.17) is 25.8 Å². The smallest absolute Gasteiger partial charge is 0.338 e. The first-order chi connectivity index (χ1) is 13.3. The third-order valence-electron chi connectivity index (χ3n) is 3.95. The molecule has 2 aromatic carbocycles. The van der Waals surface area contributed by atoms with Gasteiger partial charge in [0.25, 0.3) is 5.91 Å². The number of esters is 1. The van der Waals surface area contributed by atoms with Crippen LogP contribution >= 0.6 is 11.6 Å². The normalized spacial score (nSPS) is 10.5. The summed E-state index contributed by atoms with van der Waals surface area (Å²) in [6.07, 6.45) is 0. The molecule has 0 unspecified atom stereocenters. The zero-order chi connectivity index (χ0) is 20.7. The average Bonchev–Trinajstić information content (AvgIpc) is 2.67. The van der Waals surface area contributed by atoms with Crippen LogP contribution in [-0.4, -0.2) is 32.2 Å². The summed E-state index contributed by atoms with van der Waals surface area (Å²) in [5, 5.41) is 2.91. The first kappa shape index (κ1) is 21.6. The summed E-state index contributed by atoms with van der Waals surface area (Å²) in [7, 11) is 1.45. The second-order valence-electron chi connectivity index (χ2n) is 6.32. The molecule has 6 nitrogen and oxygen atoms in total. The van der Waals surface area contributed by atoms with E-state index in [1.807, 2.05) is 31.2 Å². The van der Waals surface area contributed by atoms with Crippen LogP contribution < -0.4 is 14.8 Å². The molecule has 0 fully saturated rings. The molecular formula is C21H24ClNO5. The molecule has 7 heteroatoms. The van der Waals surface area contributed by atoms with E-state index >= 15 is 0 Å². The van der Waals surface area contributed by atoms with Gasteiger partial charge in [-0.05, 0) is 42.7 Å². The number of hydrogen-bond donors (Lipinski definition) is 1. The summed E-state index contributed by atoms with van der Waals surface area (Å²) in [5.41, 5.74) is 1.97. The molecule has 150 valence electrons. The van der Waals surface area contributed by atoms with Crippen molar-refractivity contribution in [3.8, 4) is 11.5 Å². The molecule has 0 bridgehead atoms. The Morgan fingerprint density at radius 3 is 2.39 bits per heavy atom. The van der Waals surface area contributed by atoms with Crippen LogP contribution in [0.4, 0.5) is 5.69 Å². The Hall–Kier alpha value is -2.73. The van der Waals surface area contributed by atoms with Crippen LogP contribution in [0.5, 0.6) is 11.5 Å². The standard InChI is InChI=1S/C21H24ClNO5/c1-5-27-20-17(22)10-15(11-18(20)26-4)21(25)28-12-19(24)23-16-8-6-14(7-9-16)13(2)3/h6-11,13H,5,12H2,1-4H3,(H,23,24). The van der Waals surface area contributed by atoms with Crippen molar-refractivity contribution < 1.29 is 23.8 Å². The van der Waals surface area contributed by atoms with Crippen LogP contribution in [0.2, 0.25) is 5.02 Å². The average molecular weight is 406 g/mol. The summed E-state index contributed by atoms with van der Waals surface area (Å²) in [4.78, 5) is 24.3. The summed E-state index contributed by atoms with van der Waals surface area (Å²) in [6.45, 7) is 5.98. The number of ether oxygens (including phenoxy) is 3. The molecule has 0 aliphatic rings.